The third-order valence-corrected chi connectivity index (χ3v) is 3.17. The zero-order valence-corrected chi connectivity index (χ0v) is 11.5. The van der Waals surface area contributed by atoms with Crippen molar-refractivity contribution in [2.45, 2.75) is 6.10 Å². The number of benzene rings is 1. The average Bonchev–Trinajstić information content (AvgIpc) is 2.44. The number of likely N-dealkylation sites (N-methyl/N-ethyl adjacent to an activating group) is 1. The van der Waals surface area contributed by atoms with E-state index in [-0.39, 0.29) is 29.7 Å². The molecule has 0 saturated carbocycles. The molecule has 21 heavy (non-hydrogen) atoms. The van der Waals surface area contributed by atoms with Gasteiger partial charge in [0.05, 0.1) is 17.1 Å². The maximum Gasteiger partial charge on any atom is 0.335 e. The van der Waals surface area contributed by atoms with Crippen molar-refractivity contribution in [2.75, 3.05) is 33.4 Å². The largest absolute Gasteiger partial charge is 0.484 e. The highest BCUT2D eigenvalue weighted by molar-refractivity contribution is 5.88. The number of nitro benzene ring substituents is 1. The first kappa shape index (κ1) is 15.2. The predicted molar refractivity (Wildman–Crippen MR) is 72.8 cm³/mol. The van der Waals surface area contributed by atoms with Crippen molar-refractivity contribution in [2.24, 2.45) is 0 Å². The summed E-state index contributed by atoms with van der Waals surface area (Å²) < 4.78 is 10.9. The number of nitro groups is 1. The molecule has 1 N–H and O–H groups in total. The van der Waals surface area contributed by atoms with E-state index in [4.69, 9.17) is 14.6 Å². The molecule has 0 amide bonds. The highest BCUT2D eigenvalue weighted by Crippen LogP contribution is 2.28. The molecule has 1 heterocycles. The monoisotopic (exact) mass is 296 g/mol. The molecule has 1 atom stereocenters. The summed E-state index contributed by atoms with van der Waals surface area (Å²) in [7, 11) is 1.95. The molecule has 0 aromatic heterocycles. The van der Waals surface area contributed by atoms with Crippen LogP contribution >= 0.6 is 0 Å². The van der Waals surface area contributed by atoms with Crippen LogP contribution in [0.15, 0.2) is 18.2 Å². The maximum absolute atomic E-state index is 10.9. The number of aromatic carboxylic acids is 1. The van der Waals surface area contributed by atoms with Crippen molar-refractivity contribution in [1.29, 1.82) is 0 Å². The van der Waals surface area contributed by atoms with E-state index in [1.807, 2.05) is 7.05 Å². The number of carboxylic acids is 1. The quantitative estimate of drug-likeness (QED) is 0.638. The summed E-state index contributed by atoms with van der Waals surface area (Å²) in [6, 6.07) is 3.47. The van der Waals surface area contributed by atoms with E-state index >= 15 is 0 Å². The Morgan fingerprint density at radius 1 is 1.62 bits per heavy atom. The van der Waals surface area contributed by atoms with Gasteiger partial charge in [0, 0.05) is 25.2 Å². The molecule has 0 spiro atoms. The van der Waals surface area contributed by atoms with Crippen molar-refractivity contribution in [3.05, 3.63) is 33.9 Å². The van der Waals surface area contributed by atoms with Crippen LogP contribution in [0.4, 0.5) is 5.69 Å². The van der Waals surface area contributed by atoms with Gasteiger partial charge >= 0.3 is 11.7 Å². The number of hydrogen-bond acceptors (Lipinski definition) is 6. The van der Waals surface area contributed by atoms with Crippen molar-refractivity contribution in [3.63, 3.8) is 0 Å². The zero-order valence-electron chi connectivity index (χ0n) is 11.5. The minimum Gasteiger partial charge on any atom is -0.484 e. The van der Waals surface area contributed by atoms with Gasteiger partial charge in [-0.05, 0) is 13.1 Å². The van der Waals surface area contributed by atoms with Gasteiger partial charge in [0.1, 0.15) is 12.7 Å². The van der Waals surface area contributed by atoms with Gasteiger partial charge in [0.15, 0.2) is 5.75 Å². The van der Waals surface area contributed by atoms with Crippen LogP contribution < -0.4 is 4.74 Å². The summed E-state index contributed by atoms with van der Waals surface area (Å²) in [5.74, 6) is -1.22. The molecule has 0 aliphatic carbocycles. The number of hydrogen-bond donors (Lipinski definition) is 1. The lowest BCUT2D eigenvalue weighted by Crippen LogP contribution is -2.42. The Morgan fingerprint density at radius 3 is 3.00 bits per heavy atom. The van der Waals surface area contributed by atoms with E-state index in [1.165, 1.54) is 6.07 Å². The van der Waals surface area contributed by atoms with Crippen molar-refractivity contribution >= 4 is 11.7 Å². The summed E-state index contributed by atoms with van der Waals surface area (Å²) in [5, 5.41) is 19.9. The van der Waals surface area contributed by atoms with Crippen LogP contribution in [-0.4, -0.2) is 60.4 Å². The first-order valence-electron chi connectivity index (χ1n) is 6.42. The molecule has 1 aromatic rings. The van der Waals surface area contributed by atoms with Gasteiger partial charge in [0.25, 0.3) is 0 Å². The van der Waals surface area contributed by atoms with Crippen LogP contribution in [0.1, 0.15) is 10.4 Å². The number of carbonyl (C=O) groups is 1. The van der Waals surface area contributed by atoms with E-state index in [0.29, 0.717) is 13.2 Å². The van der Waals surface area contributed by atoms with Crippen LogP contribution in [-0.2, 0) is 4.74 Å². The molecule has 114 valence electrons. The second-order valence-corrected chi connectivity index (χ2v) is 4.81. The maximum atomic E-state index is 10.9. The Balaban J connectivity index is 2.11. The fourth-order valence-corrected chi connectivity index (χ4v) is 2.06. The average molecular weight is 296 g/mol. The van der Waals surface area contributed by atoms with Crippen LogP contribution in [0, 0.1) is 10.1 Å². The molecule has 1 unspecified atom stereocenters. The van der Waals surface area contributed by atoms with Gasteiger partial charge in [-0.3, -0.25) is 10.1 Å². The van der Waals surface area contributed by atoms with E-state index in [9.17, 15) is 14.9 Å². The molecular formula is C13H16N2O6. The third kappa shape index (κ3) is 3.89. The topological polar surface area (TPSA) is 102 Å². The van der Waals surface area contributed by atoms with Crippen molar-refractivity contribution in [1.82, 2.24) is 4.90 Å². The Hall–Kier alpha value is -2.19. The summed E-state index contributed by atoms with van der Waals surface area (Å²) in [5.41, 5.74) is -0.318. The van der Waals surface area contributed by atoms with E-state index in [2.05, 4.69) is 4.90 Å². The first-order valence-corrected chi connectivity index (χ1v) is 6.42. The second-order valence-electron chi connectivity index (χ2n) is 4.81. The van der Waals surface area contributed by atoms with Gasteiger partial charge in [-0.25, -0.2) is 4.79 Å². The molecule has 1 aromatic carbocycles. The Bertz CT molecular complexity index is 547. The fourth-order valence-electron chi connectivity index (χ4n) is 2.06. The van der Waals surface area contributed by atoms with Gasteiger partial charge in [-0.2, -0.15) is 0 Å². The van der Waals surface area contributed by atoms with E-state index in [0.717, 1.165) is 18.7 Å². The number of rotatable bonds is 5. The molecule has 0 radical (unpaired) electrons. The van der Waals surface area contributed by atoms with Crippen LogP contribution in [0.2, 0.25) is 0 Å². The van der Waals surface area contributed by atoms with Gasteiger partial charge in [-0.1, -0.05) is 0 Å². The smallest absolute Gasteiger partial charge is 0.335 e. The first-order chi connectivity index (χ1) is 9.97. The van der Waals surface area contributed by atoms with Gasteiger partial charge in [-0.15, -0.1) is 0 Å². The molecule has 1 fully saturated rings. The van der Waals surface area contributed by atoms with Gasteiger partial charge in [0.2, 0.25) is 0 Å². The summed E-state index contributed by atoms with van der Waals surface area (Å²) >= 11 is 0. The molecule has 1 saturated heterocycles. The number of nitrogens with zero attached hydrogens (tertiary/aromatic N) is 2. The molecule has 8 nitrogen and oxygen atoms in total. The number of carboxylic acid groups (broad SMARTS) is 1. The third-order valence-electron chi connectivity index (χ3n) is 3.17. The minimum atomic E-state index is -1.16. The molecule has 0 bridgehead atoms. The molecule has 1 aliphatic heterocycles. The molecular weight excluding hydrogens is 280 g/mol. The van der Waals surface area contributed by atoms with Crippen molar-refractivity contribution < 1.29 is 24.3 Å². The highest BCUT2D eigenvalue weighted by Gasteiger charge is 2.22. The van der Waals surface area contributed by atoms with Crippen LogP contribution in [0.5, 0.6) is 5.75 Å². The van der Waals surface area contributed by atoms with Crippen LogP contribution in [0.25, 0.3) is 0 Å². The van der Waals surface area contributed by atoms with E-state index in [1.54, 1.807) is 0 Å². The molecule has 2 rings (SSSR count). The molecule has 8 heteroatoms. The summed E-state index contributed by atoms with van der Waals surface area (Å²) in [6.07, 6.45) is -0.197. The lowest BCUT2D eigenvalue weighted by Gasteiger charge is -2.29. The fraction of sp³-hybridized carbons (Fsp3) is 0.462. The number of morpholine rings is 1. The summed E-state index contributed by atoms with van der Waals surface area (Å²) in [6.45, 7) is 2.19. The Morgan fingerprint density at radius 2 is 2.38 bits per heavy atom. The summed E-state index contributed by atoms with van der Waals surface area (Å²) in [4.78, 5) is 23.3. The molecule has 1 aliphatic rings. The lowest BCUT2D eigenvalue weighted by molar-refractivity contribution is -0.386. The second kappa shape index (κ2) is 6.51. The highest BCUT2D eigenvalue weighted by atomic mass is 16.6. The SMILES string of the molecule is CN1CCOC(COc2cc(C(=O)O)ccc2[N+](=O)[O-])C1. The van der Waals surface area contributed by atoms with Crippen LogP contribution in [0.3, 0.4) is 0 Å². The normalized spacial score (nSPS) is 19.2. The van der Waals surface area contributed by atoms with Gasteiger partial charge < -0.3 is 19.5 Å². The predicted octanol–water partition coefficient (Wildman–Crippen LogP) is 1.00. The Labute approximate surface area is 121 Å². The lowest BCUT2D eigenvalue weighted by atomic mass is 10.2. The minimum absolute atomic E-state index is 0.0581. The standard InChI is InChI=1S/C13H16N2O6/c1-14-4-5-20-10(7-14)8-21-12-6-9(13(16)17)2-3-11(12)15(18)19/h2-3,6,10H,4-5,7-8H2,1H3,(H,16,17). The van der Waals surface area contributed by atoms with Crippen molar-refractivity contribution in [3.8, 4) is 5.75 Å². The zero-order chi connectivity index (χ0) is 15.4. The van der Waals surface area contributed by atoms with E-state index < -0.39 is 10.9 Å². The number of ether oxygens (including phenoxy) is 2. The Kier molecular flexibility index (Phi) is 4.71.